The number of aryl methyl sites for hydroxylation is 2. The summed E-state index contributed by atoms with van der Waals surface area (Å²) < 4.78 is 48.9. The Morgan fingerprint density at radius 3 is 1.96 bits per heavy atom. The molecule has 0 atom stereocenters. The molecule has 0 aliphatic heterocycles. The zero-order valence-electron chi connectivity index (χ0n) is 16.2. The first-order valence-corrected chi connectivity index (χ1v) is 9.79. The summed E-state index contributed by atoms with van der Waals surface area (Å²) in [6.07, 6.45) is 0. The lowest BCUT2D eigenvalue weighted by molar-refractivity contribution is 0.316. The Morgan fingerprint density at radius 1 is 0.815 bits per heavy atom. The zero-order valence-corrected chi connectivity index (χ0v) is 17.0. The molecule has 0 saturated heterocycles. The number of sulfonamides is 1. The Labute approximate surface area is 160 Å². The maximum Gasteiger partial charge on any atom is 0.240 e. The van der Waals surface area contributed by atoms with Crippen molar-refractivity contribution in [1.29, 1.82) is 0 Å². The minimum absolute atomic E-state index is 0.117. The number of rotatable bonds is 9. The van der Waals surface area contributed by atoms with Crippen LogP contribution in [0.5, 0.6) is 23.0 Å². The third kappa shape index (κ3) is 5.27. The predicted molar refractivity (Wildman–Crippen MR) is 103 cm³/mol. The summed E-state index contributed by atoms with van der Waals surface area (Å²) in [5.41, 5.74) is 1.37. The van der Waals surface area contributed by atoms with Crippen LogP contribution in [0.4, 0.5) is 0 Å². The standard InChI is InChI=1S/C19H25NO6S/c1-13-9-19(14(2)8-18(13)25-5)27(21,22)20-6-7-26-17-11-15(23-3)10-16(12-17)24-4/h8-12,20H,6-7H2,1-5H3. The first-order chi connectivity index (χ1) is 12.8. The molecule has 0 saturated carbocycles. The number of hydrogen-bond acceptors (Lipinski definition) is 6. The molecule has 0 fully saturated rings. The highest BCUT2D eigenvalue weighted by Crippen LogP contribution is 2.27. The second kappa shape index (κ2) is 8.96. The van der Waals surface area contributed by atoms with Gasteiger partial charge in [-0.15, -0.1) is 0 Å². The summed E-state index contributed by atoms with van der Waals surface area (Å²) >= 11 is 0. The Balaban J connectivity index is 2.02. The van der Waals surface area contributed by atoms with Gasteiger partial charge in [0.15, 0.2) is 0 Å². The highest BCUT2D eigenvalue weighted by atomic mass is 32.2. The quantitative estimate of drug-likeness (QED) is 0.658. The fourth-order valence-corrected chi connectivity index (χ4v) is 3.88. The number of ether oxygens (including phenoxy) is 4. The fraction of sp³-hybridized carbons (Fsp3) is 0.368. The average molecular weight is 395 g/mol. The van der Waals surface area contributed by atoms with Gasteiger partial charge in [-0.1, -0.05) is 0 Å². The molecule has 0 aliphatic carbocycles. The van der Waals surface area contributed by atoms with Crippen molar-refractivity contribution >= 4 is 10.0 Å². The average Bonchev–Trinajstić information content (AvgIpc) is 2.66. The van der Waals surface area contributed by atoms with E-state index in [9.17, 15) is 8.42 Å². The SMILES string of the molecule is COc1cc(OC)cc(OCCNS(=O)(=O)c2cc(C)c(OC)cc2C)c1. The van der Waals surface area contributed by atoms with Crippen molar-refractivity contribution in [2.24, 2.45) is 0 Å². The molecular weight excluding hydrogens is 370 g/mol. The smallest absolute Gasteiger partial charge is 0.240 e. The Kier molecular flexibility index (Phi) is 6.92. The molecule has 0 bridgehead atoms. The number of nitrogens with one attached hydrogen (secondary N) is 1. The first-order valence-electron chi connectivity index (χ1n) is 8.31. The first kappa shape index (κ1) is 20.9. The van der Waals surface area contributed by atoms with Crippen LogP contribution in [0.3, 0.4) is 0 Å². The normalized spacial score (nSPS) is 11.1. The van der Waals surface area contributed by atoms with Crippen LogP contribution < -0.4 is 23.7 Å². The van der Waals surface area contributed by atoms with Gasteiger partial charge < -0.3 is 18.9 Å². The van der Waals surface area contributed by atoms with Crippen LogP contribution in [0.25, 0.3) is 0 Å². The van der Waals surface area contributed by atoms with Gasteiger partial charge in [0.25, 0.3) is 0 Å². The molecule has 0 unspecified atom stereocenters. The summed E-state index contributed by atoms with van der Waals surface area (Å²) in [6.45, 7) is 3.81. The highest BCUT2D eigenvalue weighted by molar-refractivity contribution is 7.89. The maximum absolute atomic E-state index is 12.6. The molecule has 2 aromatic rings. The number of benzene rings is 2. The van der Waals surface area contributed by atoms with E-state index in [-0.39, 0.29) is 18.0 Å². The van der Waals surface area contributed by atoms with Crippen LogP contribution in [-0.2, 0) is 10.0 Å². The molecule has 7 nitrogen and oxygen atoms in total. The second-order valence-electron chi connectivity index (χ2n) is 5.88. The molecule has 0 spiro atoms. The van der Waals surface area contributed by atoms with E-state index >= 15 is 0 Å². The van der Waals surface area contributed by atoms with Crippen molar-refractivity contribution in [3.05, 3.63) is 41.5 Å². The van der Waals surface area contributed by atoms with Gasteiger partial charge in [-0.25, -0.2) is 13.1 Å². The van der Waals surface area contributed by atoms with E-state index in [1.807, 2.05) is 0 Å². The molecule has 0 aliphatic rings. The van der Waals surface area contributed by atoms with Crippen LogP contribution in [0.15, 0.2) is 35.2 Å². The monoisotopic (exact) mass is 395 g/mol. The van der Waals surface area contributed by atoms with Gasteiger partial charge in [0.05, 0.1) is 26.2 Å². The lowest BCUT2D eigenvalue weighted by Gasteiger charge is -2.13. The number of hydrogen-bond donors (Lipinski definition) is 1. The maximum atomic E-state index is 12.6. The molecule has 0 aromatic heterocycles. The summed E-state index contributed by atoms with van der Waals surface area (Å²) in [5, 5.41) is 0. The van der Waals surface area contributed by atoms with Gasteiger partial charge in [0, 0.05) is 24.7 Å². The predicted octanol–water partition coefficient (Wildman–Crippen LogP) is 2.69. The van der Waals surface area contributed by atoms with Crippen molar-refractivity contribution in [1.82, 2.24) is 4.72 Å². The number of methoxy groups -OCH3 is 3. The van der Waals surface area contributed by atoms with Crippen LogP contribution in [0.2, 0.25) is 0 Å². The molecule has 1 N–H and O–H groups in total. The van der Waals surface area contributed by atoms with E-state index < -0.39 is 10.0 Å². The minimum Gasteiger partial charge on any atom is -0.496 e. The Bertz CT molecular complexity index is 873. The molecule has 2 aromatic carbocycles. The molecule has 27 heavy (non-hydrogen) atoms. The van der Waals surface area contributed by atoms with Gasteiger partial charge in [0.2, 0.25) is 10.0 Å². The van der Waals surface area contributed by atoms with E-state index in [2.05, 4.69) is 4.72 Å². The summed E-state index contributed by atoms with van der Waals surface area (Å²) in [7, 11) is 0.996. The van der Waals surface area contributed by atoms with Crippen LogP contribution in [-0.4, -0.2) is 42.9 Å². The van der Waals surface area contributed by atoms with Gasteiger partial charge in [-0.05, 0) is 37.1 Å². The zero-order chi connectivity index (χ0) is 20.0. The van der Waals surface area contributed by atoms with Crippen LogP contribution in [0.1, 0.15) is 11.1 Å². The Morgan fingerprint density at radius 2 is 1.41 bits per heavy atom. The molecule has 0 amide bonds. The Hall–Kier alpha value is -2.45. The van der Waals surface area contributed by atoms with E-state index in [4.69, 9.17) is 18.9 Å². The van der Waals surface area contributed by atoms with Gasteiger partial charge in [0.1, 0.15) is 29.6 Å². The highest BCUT2D eigenvalue weighted by Gasteiger charge is 2.18. The molecule has 0 heterocycles. The van der Waals surface area contributed by atoms with Gasteiger partial charge in [-0.2, -0.15) is 0 Å². The molecular formula is C19H25NO6S. The van der Waals surface area contributed by atoms with Crippen LogP contribution in [0, 0.1) is 13.8 Å². The second-order valence-corrected chi connectivity index (χ2v) is 7.62. The molecule has 2 rings (SSSR count). The van der Waals surface area contributed by atoms with Crippen molar-refractivity contribution in [3.63, 3.8) is 0 Å². The van der Waals surface area contributed by atoms with Crippen molar-refractivity contribution in [2.45, 2.75) is 18.7 Å². The van der Waals surface area contributed by atoms with Crippen molar-refractivity contribution < 1.29 is 27.4 Å². The van der Waals surface area contributed by atoms with Gasteiger partial charge in [-0.3, -0.25) is 0 Å². The molecule has 8 heteroatoms. The van der Waals surface area contributed by atoms with E-state index in [1.54, 1.807) is 65.5 Å². The summed E-state index contributed by atoms with van der Waals surface area (Å²) in [5.74, 6) is 2.37. The van der Waals surface area contributed by atoms with E-state index in [0.717, 1.165) is 5.56 Å². The third-order valence-corrected chi connectivity index (χ3v) is 5.57. The lowest BCUT2D eigenvalue weighted by Crippen LogP contribution is -2.29. The van der Waals surface area contributed by atoms with E-state index in [1.165, 1.54) is 0 Å². The summed E-state index contributed by atoms with van der Waals surface area (Å²) in [4.78, 5) is 0.226. The topological polar surface area (TPSA) is 83.1 Å². The molecule has 148 valence electrons. The fourth-order valence-electron chi connectivity index (χ4n) is 2.56. The largest absolute Gasteiger partial charge is 0.496 e. The lowest BCUT2D eigenvalue weighted by atomic mass is 10.1. The third-order valence-electron chi connectivity index (χ3n) is 3.97. The van der Waals surface area contributed by atoms with Gasteiger partial charge >= 0.3 is 0 Å². The van der Waals surface area contributed by atoms with Crippen molar-refractivity contribution in [2.75, 3.05) is 34.5 Å². The van der Waals surface area contributed by atoms with Crippen molar-refractivity contribution in [3.8, 4) is 23.0 Å². The minimum atomic E-state index is -3.65. The molecule has 0 radical (unpaired) electrons. The summed E-state index contributed by atoms with van der Waals surface area (Å²) in [6, 6.07) is 8.44. The van der Waals surface area contributed by atoms with E-state index in [0.29, 0.717) is 28.6 Å². The van der Waals surface area contributed by atoms with Crippen LogP contribution >= 0.6 is 0 Å².